The minimum atomic E-state index is -0.558. The van der Waals surface area contributed by atoms with E-state index in [1.54, 1.807) is 6.07 Å². The van der Waals surface area contributed by atoms with Crippen molar-refractivity contribution in [1.82, 2.24) is 15.5 Å². The first kappa shape index (κ1) is 22.3. The highest BCUT2D eigenvalue weighted by Gasteiger charge is 2.15. The van der Waals surface area contributed by atoms with Gasteiger partial charge in [-0.05, 0) is 42.8 Å². The number of aromatic nitrogens is 2. The lowest BCUT2D eigenvalue weighted by Crippen LogP contribution is -2.22. The van der Waals surface area contributed by atoms with Crippen LogP contribution in [0.1, 0.15) is 33.8 Å². The minimum absolute atomic E-state index is 0.0231. The maximum Gasteiger partial charge on any atom is 0.306 e. The average Bonchev–Trinajstić information content (AvgIpc) is 3.41. The molecule has 0 atom stereocenters. The normalized spacial score (nSPS) is 10.6. The third kappa shape index (κ3) is 6.82. The van der Waals surface area contributed by atoms with Crippen LogP contribution in [0.3, 0.4) is 0 Å². The number of hydrogen-bond donors (Lipinski definition) is 1. The number of amides is 1. The van der Waals surface area contributed by atoms with Gasteiger partial charge in [0, 0.05) is 30.3 Å². The molecule has 8 nitrogen and oxygen atoms in total. The van der Waals surface area contributed by atoms with E-state index < -0.39 is 5.97 Å². The number of carbonyl (C=O) groups is 3. The number of carbonyl (C=O) groups excluding carboxylic acids is 3. The Morgan fingerprint density at radius 3 is 2.65 bits per heavy atom. The minimum Gasteiger partial charge on any atom is -0.457 e. The molecule has 1 N–H and O–H groups in total. The second kappa shape index (κ2) is 10.6. The predicted molar refractivity (Wildman–Crippen MR) is 110 cm³/mol. The lowest BCUT2D eigenvalue weighted by atomic mass is 10.2. The molecule has 0 fully saturated rings. The summed E-state index contributed by atoms with van der Waals surface area (Å²) in [5, 5.41) is 6.50. The predicted octanol–water partition coefficient (Wildman–Crippen LogP) is 2.97. The lowest BCUT2D eigenvalue weighted by molar-refractivity contribution is -0.142. The molecule has 1 aromatic carbocycles. The summed E-state index contributed by atoms with van der Waals surface area (Å²) in [4.78, 5) is 40.6. The van der Waals surface area contributed by atoms with Crippen molar-refractivity contribution in [2.75, 3.05) is 13.2 Å². The molecule has 0 aliphatic rings. The Labute approximate surface area is 181 Å². The van der Waals surface area contributed by atoms with Crippen molar-refractivity contribution in [1.29, 1.82) is 0 Å². The summed E-state index contributed by atoms with van der Waals surface area (Å²) >= 11 is 1.31. The molecular formula is C21H20FN3O5S. The summed E-state index contributed by atoms with van der Waals surface area (Å²) in [6.45, 7) is 1.59. The SMILES string of the molecule is CC(=O)NCCc1ccc(C(=O)COC(=O)CCc2nc(-c3ccc(F)cc3)no2)s1. The Morgan fingerprint density at radius 2 is 1.90 bits per heavy atom. The molecule has 162 valence electrons. The topological polar surface area (TPSA) is 111 Å². The number of ether oxygens (including phenoxy) is 1. The first-order valence-electron chi connectivity index (χ1n) is 9.51. The van der Waals surface area contributed by atoms with Gasteiger partial charge < -0.3 is 14.6 Å². The Morgan fingerprint density at radius 1 is 1.13 bits per heavy atom. The summed E-state index contributed by atoms with van der Waals surface area (Å²) in [7, 11) is 0. The van der Waals surface area contributed by atoms with Crippen molar-refractivity contribution in [2.24, 2.45) is 0 Å². The molecule has 2 aromatic heterocycles. The van der Waals surface area contributed by atoms with E-state index in [1.165, 1.54) is 42.5 Å². The molecular weight excluding hydrogens is 425 g/mol. The van der Waals surface area contributed by atoms with Crippen molar-refractivity contribution in [2.45, 2.75) is 26.2 Å². The van der Waals surface area contributed by atoms with Crippen LogP contribution in [0.15, 0.2) is 40.9 Å². The van der Waals surface area contributed by atoms with E-state index in [9.17, 15) is 18.8 Å². The van der Waals surface area contributed by atoms with Crippen LogP contribution in [0.5, 0.6) is 0 Å². The van der Waals surface area contributed by atoms with Crippen LogP contribution in [0.2, 0.25) is 0 Å². The van der Waals surface area contributed by atoms with Gasteiger partial charge in [0.15, 0.2) is 6.61 Å². The van der Waals surface area contributed by atoms with Crippen molar-refractivity contribution in [3.8, 4) is 11.4 Å². The number of hydrogen-bond acceptors (Lipinski definition) is 8. The molecule has 2 heterocycles. The molecule has 0 unspecified atom stereocenters. The standard InChI is InChI=1S/C21H20FN3O5S/c1-13(26)23-11-10-16-6-7-18(31-16)17(27)12-29-20(28)9-8-19-24-21(25-30-19)14-2-4-15(22)5-3-14/h2-7H,8-12H2,1H3,(H,23,26). The zero-order valence-electron chi connectivity index (χ0n) is 16.7. The zero-order chi connectivity index (χ0) is 22.2. The molecule has 1 amide bonds. The van der Waals surface area contributed by atoms with Gasteiger partial charge in [-0.2, -0.15) is 4.98 Å². The summed E-state index contributed by atoms with van der Waals surface area (Å²) in [5.41, 5.74) is 0.594. The first-order chi connectivity index (χ1) is 14.9. The van der Waals surface area contributed by atoms with E-state index in [2.05, 4.69) is 15.5 Å². The number of aryl methyl sites for hydroxylation is 1. The highest BCUT2D eigenvalue weighted by Crippen LogP contribution is 2.18. The summed E-state index contributed by atoms with van der Waals surface area (Å²) in [6, 6.07) is 9.13. The Balaban J connectivity index is 1.41. The number of ketones is 1. The van der Waals surface area contributed by atoms with Gasteiger partial charge in [0.1, 0.15) is 5.82 Å². The monoisotopic (exact) mass is 445 g/mol. The molecule has 0 bridgehead atoms. The van der Waals surface area contributed by atoms with Crippen LogP contribution in [0, 0.1) is 5.82 Å². The second-order valence-corrected chi connectivity index (χ2v) is 7.77. The quantitative estimate of drug-likeness (QED) is 0.377. The van der Waals surface area contributed by atoms with Crippen molar-refractivity contribution >= 4 is 29.0 Å². The van der Waals surface area contributed by atoms with Gasteiger partial charge in [0.25, 0.3) is 0 Å². The van der Waals surface area contributed by atoms with Gasteiger partial charge in [-0.1, -0.05) is 5.16 Å². The molecule has 10 heteroatoms. The first-order valence-corrected chi connectivity index (χ1v) is 10.3. The molecule has 0 saturated heterocycles. The number of esters is 1. The van der Waals surface area contributed by atoms with Crippen LogP contribution < -0.4 is 5.32 Å². The maximum atomic E-state index is 13.0. The Hall–Kier alpha value is -3.40. The smallest absolute Gasteiger partial charge is 0.306 e. The van der Waals surface area contributed by atoms with E-state index in [0.717, 1.165) is 4.88 Å². The van der Waals surface area contributed by atoms with E-state index in [1.807, 2.05) is 6.07 Å². The molecule has 0 radical (unpaired) electrons. The van der Waals surface area contributed by atoms with Crippen LogP contribution >= 0.6 is 11.3 Å². The highest BCUT2D eigenvalue weighted by molar-refractivity contribution is 7.14. The van der Waals surface area contributed by atoms with Crippen LogP contribution in [0.25, 0.3) is 11.4 Å². The van der Waals surface area contributed by atoms with Crippen molar-refractivity contribution in [3.63, 3.8) is 0 Å². The number of nitrogens with zero attached hydrogens (tertiary/aromatic N) is 2. The summed E-state index contributed by atoms with van der Waals surface area (Å²) in [5.74, 6) is -0.784. The average molecular weight is 445 g/mol. The highest BCUT2D eigenvalue weighted by atomic mass is 32.1. The van der Waals surface area contributed by atoms with Crippen LogP contribution in [0.4, 0.5) is 4.39 Å². The van der Waals surface area contributed by atoms with Gasteiger partial charge in [-0.15, -0.1) is 11.3 Å². The molecule has 31 heavy (non-hydrogen) atoms. The molecule has 3 aromatic rings. The Bertz CT molecular complexity index is 1060. The number of thiophene rings is 1. The Kier molecular flexibility index (Phi) is 7.60. The molecule has 0 aliphatic carbocycles. The molecule has 3 rings (SSSR count). The molecule has 0 aliphatic heterocycles. The van der Waals surface area contributed by atoms with Gasteiger partial charge in [-0.3, -0.25) is 14.4 Å². The van der Waals surface area contributed by atoms with Gasteiger partial charge in [0.2, 0.25) is 23.4 Å². The summed E-state index contributed by atoms with van der Waals surface area (Å²) in [6.07, 6.45) is 0.764. The fourth-order valence-corrected chi connectivity index (χ4v) is 3.53. The van der Waals surface area contributed by atoms with E-state index in [0.29, 0.717) is 29.2 Å². The van der Waals surface area contributed by atoms with E-state index in [4.69, 9.17) is 9.26 Å². The second-order valence-electron chi connectivity index (χ2n) is 6.60. The van der Waals surface area contributed by atoms with Gasteiger partial charge in [-0.25, -0.2) is 4.39 Å². The van der Waals surface area contributed by atoms with Crippen molar-refractivity contribution in [3.05, 3.63) is 57.9 Å². The summed E-state index contributed by atoms with van der Waals surface area (Å²) < 4.78 is 23.1. The third-order valence-corrected chi connectivity index (χ3v) is 5.35. The maximum absolute atomic E-state index is 13.0. The number of nitrogens with one attached hydrogen (secondary N) is 1. The van der Waals surface area contributed by atoms with E-state index >= 15 is 0 Å². The van der Waals surface area contributed by atoms with Crippen molar-refractivity contribution < 1.29 is 28.0 Å². The fourth-order valence-electron chi connectivity index (χ4n) is 2.59. The largest absolute Gasteiger partial charge is 0.457 e. The zero-order valence-corrected chi connectivity index (χ0v) is 17.5. The number of halogens is 1. The third-order valence-electron chi connectivity index (χ3n) is 4.16. The number of benzene rings is 1. The lowest BCUT2D eigenvalue weighted by Gasteiger charge is -2.02. The number of Topliss-reactive ketones (excluding diaryl/α,β-unsaturated/α-hetero) is 1. The van der Waals surface area contributed by atoms with Crippen LogP contribution in [-0.2, 0) is 27.2 Å². The fraction of sp³-hybridized carbons (Fsp3) is 0.286. The number of rotatable bonds is 10. The van der Waals surface area contributed by atoms with Crippen LogP contribution in [-0.4, -0.2) is 41.0 Å². The van der Waals surface area contributed by atoms with Gasteiger partial charge >= 0.3 is 5.97 Å². The van der Waals surface area contributed by atoms with Gasteiger partial charge in [0.05, 0.1) is 11.3 Å². The van der Waals surface area contributed by atoms with E-state index in [-0.39, 0.29) is 42.8 Å². The molecule has 0 spiro atoms. The molecule has 0 saturated carbocycles.